The number of rotatable bonds is 7. The van der Waals surface area contributed by atoms with Gasteiger partial charge in [0.05, 0.1) is 4.90 Å². The summed E-state index contributed by atoms with van der Waals surface area (Å²) in [6.45, 7) is 5.64. The minimum absolute atomic E-state index is 0.0712. The number of fused-ring (bicyclic) bond motifs is 1. The van der Waals surface area contributed by atoms with Crippen molar-refractivity contribution in [1.82, 2.24) is 24.5 Å². The summed E-state index contributed by atoms with van der Waals surface area (Å²) in [5.74, 6) is 0.372. The Morgan fingerprint density at radius 1 is 1.00 bits per heavy atom. The zero-order valence-electron chi connectivity index (χ0n) is 17.8. The second-order valence-electron chi connectivity index (χ2n) is 7.45. The Morgan fingerprint density at radius 3 is 2.38 bits per heavy atom. The van der Waals surface area contributed by atoms with E-state index in [1.165, 1.54) is 16.6 Å². The number of hydrogen-bond donors (Lipinski definition) is 1. The first-order valence-corrected chi connectivity index (χ1v) is 11.4. The SMILES string of the molecule is Cc1cc(C)c(S(=O)(=O)NCCOc2ccc3nnc(-c4ccc(F)cc4)n3n2)c(C)c1. The zero-order chi connectivity index (χ0) is 22.9. The lowest BCUT2D eigenvalue weighted by atomic mass is 10.1. The van der Waals surface area contributed by atoms with Gasteiger partial charge in [-0.25, -0.2) is 17.5 Å². The third kappa shape index (κ3) is 4.46. The number of aromatic nitrogens is 4. The van der Waals surface area contributed by atoms with E-state index >= 15 is 0 Å². The predicted octanol–water partition coefficient (Wildman–Crippen LogP) is 3.21. The molecule has 2 aromatic carbocycles. The van der Waals surface area contributed by atoms with Crippen LogP contribution in [-0.2, 0) is 10.0 Å². The van der Waals surface area contributed by atoms with Gasteiger partial charge in [-0.15, -0.1) is 15.3 Å². The Bertz CT molecular complexity index is 1360. The summed E-state index contributed by atoms with van der Waals surface area (Å²) in [7, 11) is -3.67. The first-order valence-electron chi connectivity index (χ1n) is 9.93. The van der Waals surface area contributed by atoms with Crippen molar-refractivity contribution in [1.29, 1.82) is 0 Å². The van der Waals surface area contributed by atoms with Crippen LogP contribution in [0.5, 0.6) is 5.88 Å². The quantitative estimate of drug-likeness (QED) is 0.430. The highest BCUT2D eigenvalue weighted by molar-refractivity contribution is 7.89. The molecule has 0 unspecified atom stereocenters. The second kappa shape index (κ2) is 8.64. The Kier molecular flexibility index (Phi) is 5.90. The fraction of sp³-hybridized carbons (Fsp3) is 0.227. The van der Waals surface area contributed by atoms with Crippen molar-refractivity contribution in [3.05, 3.63) is 71.0 Å². The average Bonchev–Trinajstić information content (AvgIpc) is 3.14. The van der Waals surface area contributed by atoms with Crippen LogP contribution in [0.4, 0.5) is 4.39 Å². The van der Waals surface area contributed by atoms with Crippen molar-refractivity contribution in [3.8, 4) is 17.3 Å². The van der Waals surface area contributed by atoms with Gasteiger partial charge in [0.25, 0.3) is 0 Å². The van der Waals surface area contributed by atoms with Gasteiger partial charge >= 0.3 is 0 Å². The van der Waals surface area contributed by atoms with E-state index in [0.717, 1.165) is 5.56 Å². The van der Waals surface area contributed by atoms with Crippen molar-refractivity contribution >= 4 is 15.7 Å². The average molecular weight is 456 g/mol. The third-order valence-corrected chi connectivity index (χ3v) is 6.62. The van der Waals surface area contributed by atoms with Crippen molar-refractivity contribution in [2.24, 2.45) is 0 Å². The Labute approximate surface area is 185 Å². The molecule has 0 radical (unpaired) electrons. The number of sulfonamides is 1. The summed E-state index contributed by atoms with van der Waals surface area (Å²) < 4.78 is 48.4. The molecule has 0 bridgehead atoms. The van der Waals surface area contributed by atoms with Crippen LogP contribution in [-0.4, -0.2) is 41.4 Å². The molecule has 4 aromatic rings. The number of nitrogens with one attached hydrogen (secondary N) is 1. The predicted molar refractivity (Wildman–Crippen MR) is 118 cm³/mol. The molecule has 32 heavy (non-hydrogen) atoms. The van der Waals surface area contributed by atoms with Gasteiger partial charge < -0.3 is 4.74 Å². The topological polar surface area (TPSA) is 98.5 Å². The number of ether oxygens (including phenoxy) is 1. The fourth-order valence-electron chi connectivity index (χ4n) is 3.62. The van der Waals surface area contributed by atoms with Gasteiger partial charge in [-0.1, -0.05) is 17.7 Å². The lowest BCUT2D eigenvalue weighted by molar-refractivity contribution is 0.306. The summed E-state index contributed by atoms with van der Waals surface area (Å²) >= 11 is 0. The van der Waals surface area contributed by atoms with Crippen molar-refractivity contribution in [2.45, 2.75) is 25.7 Å². The van der Waals surface area contributed by atoms with Crippen LogP contribution in [0.3, 0.4) is 0 Å². The van der Waals surface area contributed by atoms with Gasteiger partial charge in [0.2, 0.25) is 15.9 Å². The molecule has 2 aromatic heterocycles. The molecule has 10 heteroatoms. The smallest absolute Gasteiger partial charge is 0.241 e. The standard InChI is InChI=1S/C22H22FN5O3S/c1-14-12-15(2)21(16(3)13-14)32(29,30)24-10-11-31-20-9-8-19-25-26-22(28(19)27-20)17-4-6-18(23)7-5-17/h4-9,12-13,24H,10-11H2,1-3H3. The number of benzene rings is 2. The van der Waals surface area contributed by atoms with E-state index in [9.17, 15) is 12.8 Å². The van der Waals surface area contributed by atoms with Crippen LogP contribution in [0.2, 0.25) is 0 Å². The van der Waals surface area contributed by atoms with E-state index in [1.54, 1.807) is 38.1 Å². The van der Waals surface area contributed by atoms with Crippen LogP contribution in [0, 0.1) is 26.6 Å². The fourth-order valence-corrected chi connectivity index (χ4v) is 5.08. The summed E-state index contributed by atoms with van der Waals surface area (Å²) in [5.41, 5.74) is 3.56. The monoisotopic (exact) mass is 455 g/mol. The van der Waals surface area contributed by atoms with E-state index in [0.29, 0.717) is 28.2 Å². The molecule has 0 spiro atoms. The first-order chi connectivity index (χ1) is 15.2. The molecule has 4 rings (SSSR count). The third-order valence-electron chi connectivity index (χ3n) is 4.86. The summed E-state index contributed by atoms with van der Waals surface area (Å²) in [6, 6.07) is 12.8. The van der Waals surface area contributed by atoms with Crippen molar-refractivity contribution < 1.29 is 17.5 Å². The van der Waals surface area contributed by atoms with E-state index in [4.69, 9.17) is 4.74 Å². The van der Waals surface area contributed by atoms with Gasteiger partial charge in [0.1, 0.15) is 12.4 Å². The van der Waals surface area contributed by atoms with Gasteiger partial charge in [0.15, 0.2) is 11.5 Å². The highest BCUT2D eigenvalue weighted by Crippen LogP contribution is 2.22. The van der Waals surface area contributed by atoms with Gasteiger partial charge in [0, 0.05) is 18.2 Å². The number of halogens is 1. The zero-order valence-corrected chi connectivity index (χ0v) is 18.6. The van der Waals surface area contributed by atoms with Gasteiger partial charge in [-0.05, 0) is 62.2 Å². The lowest BCUT2D eigenvalue weighted by Crippen LogP contribution is -2.29. The van der Waals surface area contributed by atoms with Crippen molar-refractivity contribution in [3.63, 3.8) is 0 Å². The molecule has 0 saturated carbocycles. The van der Waals surface area contributed by atoms with Gasteiger partial charge in [-0.3, -0.25) is 0 Å². The highest BCUT2D eigenvalue weighted by Gasteiger charge is 2.19. The molecule has 0 aliphatic rings. The second-order valence-corrected chi connectivity index (χ2v) is 9.15. The maximum atomic E-state index is 13.2. The van der Waals surface area contributed by atoms with Crippen LogP contribution in [0.1, 0.15) is 16.7 Å². The minimum atomic E-state index is -3.67. The maximum absolute atomic E-state index is 13.2. The molecule has 2 heterocycles. The molecule has 166 valence electrons. The Hall–Kier alpha value is -3.37. The Balaban J connectivity index is 1.45. The maximum Gasteiger partial charge on any atom is 0.241 e. The summed E-state index contributed by atoms with van der Waals surface area (Å²) in [5, 5.41) is 12.5. The molecule has 0 aliphatic carbocycles. The van der Waals surface area contributed by atoms with E-state index in [2.05, 4.69) is 20.0 Å². The molecule has 0 amide bonds. The van der Waals surface area contributed by atoms with Crippen LogP contribution in [0.25, 0.3) is 17.0 Å². The Morgan fingerprint density at radius 2 is 1.69 bits per heavy atom. The summed E-state index contributed by atoms with van der Waals surface area (Å²) in [6.07, 6.45) is 0. The normalized spacial score (nSPS) is 11.8. The van der Waals surface area contributed by atoms with Crippen LogP contribution in [0.15, 0.2) is 53.4 Å². The molecule has 0 atom stereocenters. The van der Waals surface area contributed by atoms with Crippen LogP contribution >= 0.6 is 0 Å². The van der Waals surface area contributed by atoms with E-state index in [1.807, 2.05) is 19.1 Å². The van der Waals surface area contributed by atoms with E-state index in [-0.39, 0.29) is 29.7 Å². The molecule has 0 aliphatic heterocycles. The number of aryl methyl sites for hydroxylation is 3. The molecule has 8 nitrogen and oxygen atoms in total. The molecule has 0 fully saturated rings. The van der Waals surface area contributed by atoms with Crippen molar-refractivity contribution in [2.75, 3.05) is 13.2 Å². The lowest BCUT2D eigenvalue weighted by Gasteiger charge is -2.13. The largest absolute Gasteiger partial charge is 0.475 e. The molecular formula is C22H22FN5O3S. The first kappa shape index (κ1) is 21.8. The van der Waals surface area contributed by atoms with E-state index < -0.39 is 10.0 Å². The molecule has 1 N–H and O–H groups in total. The molecular weight excluding hydrogens is 433 g/mol. The van der Waals surface area contributed by atoms with Gasteiger partial charge in [-0.2, -0.15) is 4.52 Å². The highest BCUT2D eigenvalue weighted by atomic mass is 32.2. The minimum Gasteiger partial charge on any atom is -0.475 e. The van der Waals surface area contributed by atoms with Crippen LogP contribution < -0.4 is 9.46 Å². The summed E-state index contributed by atoms with van der Waals surface area (Å²) in [4.78, 5) is 0.288. The number of nitrogens with zero attached hydrogens (tertiary/aromatic N) is 4. The number of hydrogen-bond acceptors (Lipinski definition) is 6. The molecule has 0 saturated heterocycles.